The van der Waals surface area contributed by atoms with Gasteiger partial charge in [-0.15, -0.1) is 0 Å². The summed E-state index contributed by atoms with van der Waals surface area (Å²) >= 11 is 0. The monoisotopic (exact) mass is 137 g/mol. The van der Waals surface area contributed by atoms with Gasteiger partial charge in [0.05, 0.1) is 5.69 Å². The van der Waals surface area contributed by atoms with E-state index in [0.29, 0.717) is 11.7 Å². The molecule has 10 heavy (non-hydrogen) atoms. The number of anilines is 1. The normalized spacial score (nSPS) is 17.6. The molecule has 1 N–H and O–H groups in total. The third-order valence-corrected chi connectivity index (χ3v) is 1.68. The zero-order valence-corrected chi connectivity index (χ0v) is 5.39. The summed E-state index contributed by atoms with van der Waals surface area (Å²) in [5, 5.41) is 2.96. The number of nitrogens with one attached hydrogen (secondary N) is 1. The van der Waals surface area contributed by atoms with Crippen LogP contribution in [0.5, 0.6) is 0 Å². The van der Waals surface area contributed by atoms with Crippen LogP contribution in [0.2, 0.25) is 0 Å². The second-order valence-corrected chi connectivity index (χ2v) is 2.67. The molecule has 1 aliphatic rings. The minimum absolute atomic E-state index is 0.355. The zero-order valence-electron chi connectivity index (χ0n) is 5.39. The van der Waals surface area contributed by atoms with Gasteiger partial charge < -0.3 is 5.32 Å². The van der Waals surface area contributed by atoms with Gasteiger partial charge in [0.15, 0.2) is 0 Å². The maximum Gasteiger partial charge on any atom is 0.248 e. The molecule has 0 spiro atoms. The van der Waals surface area contributed by atoms with Crippen molar-refractivity contribution in [2.45, 2.75) is 18.9 Å². The summed E-state index contributed by atoms with van der Waals surface area (Å²) in [6.07, 6.45) is 2.25. The van der Waals surface area contributed by atoms with Crippen molar-refractivity contribution < 1.29 is 0 Å². The Hall–Kier alpha value is -1.12. The van der Waals surface area contributed by atoms with Gasteiger partial charge in [0.2, 0.25) is 10.9 Å². The topological polar surface area (TPSA) is 46.2 Å². The van der Waals surface area contributed by atoms with Crippen LogP contribution in [0.3, 0.4) is 0 Å². The van der Waals surface area contributed by atoms with E-state index in [1.165, 1.54) is 6.07 Å². The highest BCUT2D eigenvalue weighted by molar-refractivity contribution is 5.48. The zero-order chi connectivity index (χ0) is 7.14. The average Bonchev–Trinajstić information content (AvgIpc) is 2.70. The Morgan fingerprint density at radius 1 is 1.40 bits per heavy atom. The molecule has 1 aliphatic carbocycles. The van der Waals surface area contributed by atoms with Gasteiger partial charge in [-0.05, 0) is 12.8 Å². The first kappa shape index (κ1) is 5.65. The second kappa shape index (κ2) is 1.68. The highest BCUT2D eigenvalue weighted by Gasteiger charge is 2.23. The van der Waals surface area contributed by atoms with E-state index in [0.717, 1.165) is 12.8 Å². The lowest BCUT2D eigenvalue weighted by molar-refractivity contribution is 1.13. The number of hydrogen-bond acceptors (Lipinski definition) is 3. The molecule has 0 radical (unpaired) electrons. The van der Waals surface area contributed by atoms with E-state index >= 15 is 0 Å². The molecular weight excluding hydrogens is 130 g/mol. The number of rotatable bonds is 2. The van der Waals surface area contributed by atoms with Crippen LogP contribution in [0.1, 0.15) is 12.8 Å². The van der Waals surface area contributed by atoms with Crippen LogP contribution < -0.4 is 16.2 Å². The molecular formula is C7H7NO2. The maximum atomic E-state index is 10.6. The van der Waals surface area contributed by atoms with E-state index < -0.39 is 0 Å². The summed E-state index contributed by atoms with van der Waals surface area (Å²) in [7, 11) is 0. The predicted molar refractivity (Wildman–Crippen MR) is 38.0 cm³/mol. The first-order chi connectivity index (χ1) is 4.77. The van der Waals surface area contributed by atoms with Crippen molar-refractivity contribution in [2.24, 2.45) is 0 Å². The summed E-state index contributed by atoms with van der Waals surface area (Å²) < 4.78 is 0. The Morgan fingerprint density at radius 2 is 2.10 bits per heavy atom. The molecule has 0 amide bonds. The molecule has 1 fully saturated rings. The Labute approximate surface area is 57.4 Å². The maximum absolute atomic E-state index is 10.6. The lowest BCUT2D eigenvalue weighted by Crippen LogP contribution is -2.32. The third kappa shape index (κ3) is 0.744. The summed E-state index contributed by atoms with van der Waals surface area (Å²) in [4.78, 5) is 21.0. The molecule has 0 aliphatic heterocycles. The summed E-state index contributed by atoms with van der Waals surface area (Å²) in [6, 6.07) is 1.82. The molecule has 0 bridgehead atoms. The lowest BCUT2D eigenvalue weighted by atomic mass is 10.2. The molecule has 1 aromatic carbocycles. The molecule has 3 heteroatoms. The molecule has 0 atom stereocenters. The molecule has 0 aromatic heterocycles. The van der Waals surface area contributed by atoms with Crippen molar-refractivity contribution in [3.05, 3.63) is 26.5 Å². The molecule has 0 heterocycles. The van der Waals surface area contributed by atoms with Crippen LogP contribution in [0, 0.1) is 0 Å². The molecule has 3 nitrogen and oxygen atoms in total. The SMILES string of the molecule is O=c1cc(NC2CC2)c1=O. The minimum Gasteiger partial charge on any atom is -0.379 e. The molecule has 52 valence electrons. The molecule has 1 aromatic rings. The first-order valence-electron chi connectivity index (χ1n) is 3.34. The van der Waals surface area contributed by atoms with Crippen molar-refractivity contribution >= 4 is 5.69 Å². The van der Waals surface area contributed by atoms with Crippen LogP contribution in [0.4, 0.5) is 5.69 Å². The Balaban J connectivity index is 2.14. The van der Waals surface area contributed by atoms with Gasteiger partial charge in [0.1, 0.15) is 0 Å². The van der Waals surface area contributed by atoms with E-state index in [1.54, 1.807) is 0 Å². The highest BCUT2D eigenvalue weighted by atomic mass is 16.2. The van der Waals surface area contributed by atoms with E-state index in [4.69, 9.17) is 0 Å². The Kier molecular flexibility index (Phi) is 0.952. The van der Waals surface area contributed by atoms with Crippen LogP contribution >= 0.6 is 0 Å². The summed E-state index contributed by atoms with van der Waals surface area (Å²) in [5.41, 5.74) is -0.220. The lowest BCUT2D eigenvalue weighted by Gasteiger charge is -2.02. The molecule has 0 unspecified atom stereocenters. The van der Waals surface area contributed by atoms with Crippen LogP contribution in [-0.2, 0) is 0 Å². The smallest absolute Gasteiger partial charge is 0.248 e. The summed E-state index contributed by atoms with van der Waals surface area (Å²) in [5.74, 6) is 0. The van der Waals surface area contributed by atoms with E-state index in [2.05, 4.69) is 5.32 Å². The van der Waals surface area contributed by atoms with Crippen LogP contribution in [-0.4, -0.2) is 6.04 Å². The van der Waals surface area contributed by atoms with E-state index in [-0.39, 0.29) is 10.9 Å². The third-order valence-electron chi connectivity index (χ3n) is 1.68. The van der Waals surface area contributed by atoms with Crippen molar-refractivity contribution in [3.8, 4) is 0 Å². The standard InChI is InChI=1S/C7H7NO2/c9-6-3-5(7(6)10)8-4-1-2-4/h3-4,8H,1-2H2. The van der Waals surface area contributed by atoms with Crippen molar-refractivity contribution in [3.63, 3.8) is 0 Å². The van der Waals surface area contributed by atoms with Gasteiger partial charge in [-0.2, -0.15) is 0 Å². The molecule has 2 rings (SSSR count). The summed E-state index contributed by atoms with van der Waals surface area (Å²) in [6.45, 7) is 0. The van der Waals surface area contributed by atoms with E-state index in [9.17, 15) is 9.59 Å². The van der Waals surface area contributed by atoms with Crippen molar-refractivity contribution in [1.29, 1.82) is 0 Å². The predicted octanol–water partition coefficient (Wildman–Crippen LogP) is -0.143. The minimum atomic E-state index is -0.372. The van der Waals surface area contributed by atoms with Crippen molar-refractivity contribution in [2.75, 3.05) is 5.32 Å². The van der Waals surface area contributed by atoms with Gasteiger partial charge in [-0.1, -0.05) is 0 Å². The van der Waals surface area contributed by atoms with E-state index in [1.807, 2.05) is 0 Å². The van der Waals surface area contributed by atoms with Gasteiger partial charge in [-0.3, -0.25) is 9.59 Å². The first-order valence-corrected chi connectivity index (χ1v) is 3.34. The molecule has 1 saturated carbocycles. The Bertz CT molecular complexity index is 318. The van der Waals surface area contributed by atoms with Gasteiger partial charge in [-0.25, -0.2) is 0 Å². The fourth-order valence-corrected chi connectivity index (χ4v) is 0.872. The van der Waals surface area contributed by atoms with Gasteiger partial charge in [0.25, 0.3) is 0 Å². The van der Waals surface area contributed by atoms with Crippen LogP contribution in [0.15, 0.2) is 15.7 Å². The van der Waals surface area contributed by atoms with Gasteiger partial charge >= 0.3 is 0 Å². The second-order valence-electron chi connectivity index (χ2n) is 2.67. The van der Waals surface area contributed by atoms with Crippen LogP contribution in [0.25, 0.3) is 0 Å². The highest BCUT2D eigenvalue weighted by Crippen LogP contribution is 2.22. The Morgan fingerprint density at radius 3 is 2.50 bits per heavy atom. The van der Waals surface area contributed by atoms with Crippen molar-refractivity contribution in [1.82, 2.24) is 0 Å². The average molecular weight is 137 g/mol. The molecule has 0 saturated heterocycles. The van der Waals surface area contributed by atoms with Gasteiger partial charge in [0, 0.05) is 12.1 Å². The fraction of sp³-hybridized carbons (Fsp3) is 0.429. The number of hydrogen-bond donors (Lipinski definition) is 1. The fourth-order valence-electron chi connectivity index (χ4n) is 0.872. The largest absolute Gasteiger partial charge is 0.379 e. The quantitative estimate of drug-likeness (QED) is 0.577.